The Hall–Kier alpha value is -2.05. The molecule has 108 valence electrons. The lowest BCUT2D eigenvalue weighted by Crippen LogP contribution is -2.17. The first-order valence-electron chi connectivity index (χ1n) is 6.18. The Morgan fingerprint density at radius 3 is 2.70 bits per heavy atom. The maximum absolute atomic E-state index is 12.4. The van der Waals surface area contributed by atoms with Crippen LogP contribution in [0, 0.1) is 5.92 Å². The summed E-state index contributed by atoms with van der Waals surface area (Å²) in [6, 6.07) is 2.36. The first kappa shape index (κ1) is 14.4. The van der Waals surface area contributed by atoms with E-state index in [1.165, 1.54) is 6.07 Å². The molecule has 0 bridgehead atoms. The number of aromatic nitrogens is 3. The fourth-order valence-corrected chi connectivity index (χ4v) is 1.76. The molecule has 0 fully saturated rings. The van der Waals surface area contributed by atoms with Crippen LogP contribution in [0.5, 0.6) is 0 Å². The van der Waals surface area contributed by atoms with Crippen molar-refractivity contribution >= 4 is 5.82 Å². The highest BCUT2D eigenvalue weighted by Crippen LogP contribution is 2.28. The molecule has 0 aliphatic rings. The number of halogens is 3. The van der Waals surface area contributed by atoms with Gasteiger partial charge in [-0.1, -0.05) is 6.92 Å². The molecule has 2 heterocycles. The largest absolute Gasteiger partial charge is 0.417 e. The molecular formula is C13H15F3N4. The van der Waals surface area contributed by atoms with Gasteiger partial charge < -0.3 is 9.88 Å². The summed E-state index contributed by atoms with van der Waals surface area (Å²) in [6.45, 7) is 3.45. The van der Waals surface area contributed by atoms with Crippen LogP contribution >= 0.6 is 0 Å². The van der Waals surface area contributed by atoms with Gasteiger partial charge in [-0.2, -0.15) is 13.2 Å². The number of anilines is 1. The third-order valence-electron chi connectivity index (χ3n) is 2.80. The minimum Gasteiger partial charge on any atom is -0.370 e. The van der Waals surface area contributed by atoms with E-state index in [1.807, 2.05) is 17.7 Å². The Labute approximate surface area is 114 Å². The molecule has 0 saturated heterocycles. The van der Waals surface area contributed by atoms with Crippen molar-refractivity contribution in [3.05, 3.63) is 42.6 Å². The Balaban J connectivity index is 1.84. The van der Waals surface area contributed by atoms with E-state index in [2.05, 4.69) is 15.3 Å². The number of hydrogen-bond acceptors (Lipinski definition) is 3. The van der Waals surface area contributed by atoms with Crippen LogP contribution in [0.2, 0.25) is 0 Å². The van der Waals surface area contributed by atoms with E-state index in [9.17, 15) is 13.2 Å². The van der Waals surface area contributed by atoms with Crippen molar-refractivity contribution in [2.45, 2.75) is 19.6 Å². The van der Waals surface area contributed by atoms with Crippen LogP contribution in [0.15, 0.2) is 37.1 Å². The molecule has 0 aromatic carbocycles. The number of pyridine rings is 1. The molecule has 2 aromatic heterocycles. The molecule has 0 radical (unpaired) electrons. The van der Waals surface area contributed by atoms with Gasteiger partial charge >= 0.3 is 6.18 Å². The van der Waals surface area contributed by atoms with Crippen molar-refractivity contribution in [2.75, 3.05) is 11.9 Å². The van der Waals surface area contributed by atoms with Crippen LogP contribution in [-0.2, 0) is 12.7 Å². The summed E-state index contributed by atoms with van der Waals surface area (Å²) in [5.41, 5.74) is -0.741. The first-order chi connectivity index (χ1) is 9.45. The maximum Gasteiger partial charge on any atom is 0.417 e. The Kier molecular flexibility index (Phi) is 4.26. The lowest BCUT2D eigenvalue weighted by Gasteiger charge is -2.14. The molecule has 1 atom stereocenters. The van der Waals surface area contributed by atoms with Gasteiger partial charge in [-0.15, -0.1) is 0 Å². The summed E-state index contributed by atoms with van der Waals surface area (Å²) < 4.78 is 39.1. The number of nitrogens with zero attached hydrogens (tertiary/aromatic N) is 3. The highest BCUT2D eigenvalue weighted by molar-refractivity contribution is 5.36. The van der Waals surface area contributed by atoms with Crippen LogP contribution in [0.25, 0.3) is 0 Å². The second-order valence-electron chi connectivity index (χ2n) is 4.68. The smallest absolute Gasteiger partial charge is 0.370 e. The zero-order valence-corrected chi connectivity index (χ0v) is 10.9. The monoisotopic (exact) mass is 284 g/mol. The third kappa shape index (κ3) is 3.97. The zero-order chi connectivity index (χ0) is 14.6. The predicted octanol–water partition coefficient (Wildman–Crippen LogP) is 3.05. The average molecular weight is 284 g/mol. The second-order valence-corrected chi connectivity index (χ2v) is 4.68. The summed E-state index contributed by atoms with van der Waals surface area (Å²) in [4.78, 5) is 7.71. The molecule has 0 unspecified atom stereocenters. The zero-order valence-electron chi connectivity index (χ0n) is 10.9. The highest BCUT2D eigenvalue weighted by atomic mass is 19.4. The van der Waals surface area contributed by atoms with Gasteiger partial charge in [0, 0.05) is 31.7 Å². The van der Waals surface area contributed by atoms with Crippen LogP contribution in [0.1, 0.15) is 12.5 Å². The number of alkyl halides is 3. The van der Waals surface area contributed by atoms with Crippen LogP contribution in [0.3, 0.4) is 0 Å². The number of hydrogen-bond donors (Lipinski definition) is 1. The van der Waals surface area contributed by atoms with Crippen molar-refractivity contribution < 1.29 is 13.2 Å². The highest BCUT2D eigenvalue weighted by Gasteiger charge is 2.30. The van der Waals surface area contributed by atoms with Gasteiger partial charge in [0.2, 0.25) is 0 Å². The topological polar surface area (TPSA) is 42.7 Å². The van der Waals surface area contributed by atoms with Crippen molar-refractivity contribution in [3.63, 3.8) is 0 Å². The molecule has 4 nitrogen and oxygen atoms in total. The summed E-state index contributed by atoms with van der Waals surface area (Å²) in [6.07, 6.45) is 1.79. The van der Waals surface area contributed by atoms with Crippen molar-refractivity contribution in [2.24, 2.45) is 5.92 Å². The van der Waals surface area contributed by atoms with E-state index in [0.717, 1.165) is 18.8 Å². The predicted molar refractivity (Wildman–Crippen MR) is 69.1 cm³/mol. The lowest BCUT2D eigenvalue weighted by atomic mass is 10.2. The van der Waals surface area contributed by atoms with Gasteiger partial charge in [-0.25, -0.2) is 9.97 Å². The van der Waals surface area contributed by atoms with Crippen LogP contribution in [0.4, 0.5) is 19.0 Å². The Bertz CT molecular complexity index is 520. The van der Waals surface area contributed by atoms with Crippen LogP contribution in [-0.4, -0.2) is 21.1 Å². The summed E-state index contributed by atoms with van der Waals surface area (Å²) in [5, 5.41) is 3.02. The van der Waals surface area contributed by atoms with E-state index >= 15 is 0 Å². The molecule has 0 spiro atoms. The van der Waals surface area contributed by atoms with Crippen molar-refractivity contribution in [3.8, 4) is 0 Å². The fraction of sp³-hybridized carbons (Fsp3) is 0.385. The van der Waals surface area contributed by atoms with Gasteiger partial charge in [0.15, 0.2) is 0 Å². The molecule has 20 heavy (non-hydrogen) atoms. The fourth-order valence-electron chi connectivity index (χ4n) is 1.76. The Morgan fingerprint density at radius 2 is 2.15 bits per heavy atom. The average Bonchev–Trinajstić information content (AvgIpc) is 2.88. The molecule has 0 amide bonds. The van der Waals surface area contributed by atoms with Crippen molar-refractivity contribution in [1.82, 2.24) is 14.5 Å². The second kappa shape index (κ2) is 5.94. The molecule has 1 N–H and O–H groups in total. The molecule has 0 saturated carbocycles. The van der Waals surface area contributed by atoms with Gasteiger partial charge in [0.25, 0.3) is 0 Å². The van der Waals surface area contributed by atoms with Gasteiger partial charge in [-0.3, -0.25) is 0 Å². The standard InChI is InChI=1S/C13H15F3N4/c1-10(8-20-5-4-17-9-20)6-18-12-3-2-11(7-19-12)13(14,15)16/h2-5,7,9-10H,6,8H2,1H3,(H,18,19)/t10-/m0/s1. The van der Waals surface area contributed by atoms with E-state index in [0.29, 0.717) is 18.3 Å². The van der Waals surface area contributed by atoms with Crippen molar-refractivity contribution in [1.29, 1.82) is 0 Å². The third-order valence-corrected chi connectivity index (χ3v) is 2.80. The molecule has 7 heteroatoms. The molecule has 2 rings (SSSR count). The number of rotatable bonds is 5. The summed E-state index contributed by atoms with van der Waals surface area (Å²) in [7, 11) is 0. The van der Waals surface area contributed by atoms with E-state index in [1.54, 1.807) is 12.5 Å². The van der Waals surface area contributed by atoms with Gasteiger partial charge in [-0.05, 0) is 18.1 Å². The normalized spacial score (nSPS) is 13.2. The van der Waals surface area contributed by atoms with Gasteiger partial charge in [0.05, 0.1) is 11.9 Å². The molecule has 0 aliphatic heterocycles. The summed E-state index contributed by atoms with van der Waals surface area (Å²) in [5.74, 6) is 0.740. The molecular weight excluding hydrogens is 269 g/mol. The quantitative estimate of drug-likeness (QED) is 0.917. The first-order valence-corrected chi connectivity index (χ1v) is 6.18. The van der Waals surface area contributed by atoms with E-state index in [-0.39, 0.29) is 0 Å². The van der Waals surface area contributed by atoms with Crippen LogP contribution < -0.4 is 5.32 Å². The molecule has 0 aliphatic carbocycles. The molecule has 2 aromatic rings. The van der Waals surface area contributed by atoms with E-state index in [4.69, 9.17) is 0 Å². The Morgan fingerprint density at radius 1 is 1.35 bits per heavy atom. The maximum atomic E-state index is 12.4. The van der Waals surface area contributed by atoms with Gasteiger partial charge in [0.1, 0.15) is 5.82 Å². The summed E-state index contributed by atoms with van der Waals surface area (Å²) >= 11 is 0. The minimum absolute atomic E-state index is 0.299. The number of imidazole rings is 1. The minimum atomic E-state index is -4.35. The lowest BCUT2D eigenvalue weighted by molar-refractivity contribution is -0.137. The number of nitrogens with one attached hydrogen (secondary N) is 1. The SMILES string of the molecule is C[C@@H](CNc1ccc(C(F)(F)F)cn1)Cn1ccnc1. The van der Waals surface area contributed by atoms with E-state index < -0.39 is 11.7 Å².